The number of carbonyl (C=O) groups is 3. The number of allylic oxidation sites excluding steroid dienone is 1. The Morgan fingerprint density at radius 3 is 2.19 bits per heavy atom. The summed E-state index contributed by atoms with van der Waals surface area (Å²) < 4.78 is 22.9. The molecule has 0 aliphatic rings. The van der Waals surface area contributed by atoms with E-state index in [-0.39, 0.29) is 29.5 Å². The van der Waals surface area contributed by atoms with Gasteiger partial charge in [0.25, 0.3) is 0 Å². The molecule has 0 unspecified atom stereocenters. The Labute approximate surface area is 156 Å². The fourth-order valence-corrected chi connectivity index (χ4v) is 2.29. The number of aryl methyl sites for hydroxylation is 1. The van der Waals surface area contributed by atoms with E-state index < -0.39 is 11.9 Å². The van der Waals surface area contributed by atoms with Crippen LogP contribution in [0.2, 0.25) is 0 Å². The van der Waals surface area contributed by atoms with Crippen molar-refractivity contribution < 1.29 is 28.2 Å². The van der Waals surface area contributed by atoms with E-state index in [1.54, 1.807) is 24.3 Å². The maximum atomic E-state index is 12.9. The molecule has 0 spiro atoms. The van der Waals surface area contributed by atoms with E-state index in [2.05, 4.69) is 0 Å². The molecular weight excluding hydrogens is 351 g/mol. The molecule has 2 rings (SSSR count). The SMILES string of the molecule is CC(=O)Oc1ccc(/C=C/C(=O)CCc2ccc(F)cc2)cc1OC(C)=O. The van der Waals surface area contributed by atoms with Crippen molar-refractivity contribution in [2.24, 2.45) is 0 Å². The maximum Gasteiger partial charge on any atom is 0.308 e. The van der Waals surface area contributed by atoms with Gasteiger partial charge in [0.05, 0.1) is 0 Å². The van der Waals surface area contributed by atoms with Gasteiger partial charge < -0.3 is 9.47 Å². The quantitative estimate of drug-likeness (QED) is 0.420. The van der Waals surface area contributed by atoms with Crippen LogP contribution in [0.5, 0.6) is 11.5 Å². The van der Waals surface area contributed by atoms with Gasteiger partial charge in [0.2, 0.25) is 0 Å². The number of hydrogen-bond acceptors (Lipinski definition) is 5. The predicted octanol–water partition coefficient (Wildman–Crippen LogP) is 3.89. The van der Waals surface area contributed by atoms with Crippen LogP contribution in [-0.2, 0) is 20.8 Å². The molecule has 0 saturated carbocycles. The van der Waals surface area contributed by atoms with Crippen molar-refractivity contribution in [2.75, 3.05) is 0 Å². The second kappa shape index (κ2) is 9.43. The molecule has 0 radical (unpaired) electrons. The molecule has 0 fully saturated rings. The highest BCUT2D eigenvalue weighted by atomic mass is 19.1. The molecule has 0 bridgehead atoms. The molecule has 0 aliphatic carbocycles. The average molecular weight is 370 g/mol. The van der Waals surface area contributed by atoms with Gasteiger partial charge in [-0.25, -0.2) is 4.39 Å². The van der Waals surface area contributed by atoms with E-state index in [1.165, 1.54) is 44.2 Å². The third-order valence-electron chi connectivity index (χ3n) is 3.51. The molecule has 2 aromatic carbocycles. The van der Waals surface area contributed by atoms with Crippen molar-refractivity contribution in [3.63, 3.8) is 0 Å². The second-order valence-corrected chi connectivity index (χ2v) is 5.82. The number of esters is 2. The first-order valence-electron chi connectivity index (χ1n) is 8.30. The minimum Gasteiger partial charge on any atom is -0.423 e. The third-order valence-corrected chi connectivity index (χ3v) is 3.51. The molecule has 0 amide bonds. The fourth-order valence-electron chi connectivity index (χ4n) is 2.29. The van der Waals surface area contributed by atoms with Crippen LogP contribution in [0.15, 0.2) is 48.5 Å². The summed E-state index contributed by atoms with van der Waals surface area (Å²) in [6, 6.07) is 10.6. The monoisotopic (exact) mass is 370 g/mol. The van der Waals surface area contributed by atoms with E-state index in [4.69, 9.17) is 9.47 Å². The smallest absolute Gasteiger partial charge is 0.308 e. The molecule has 0 N–H and O–H groups in total. The Balaban J connectivity index is 2.03. The zero-order valence-corrected chi connectivity index (χ0v) is 15.0. The number of halogens is 1. The van der Waals surface area contributed by atoms with Crippen molar-refractivity contribution >= 4 is 23.8 Å². The molecule has 5 nitrogen and oxygen atoms in total. The molecule has 0 heterocycles. The number of ether oxygens (including phenoxy) is 2. The average Bonchev–Trinajstić information content (AvgIpc) is 2.60. The molecule has 27 heavy (non-hydrogen) atoms. The van der Waals surface area contributed by atoms with Crippen LogP contribution >= 0.6 is 0 Å². The molecule has 2 aromatic rings. The van der Waals surface area contributed by atoms with Gasteiger partial charge in [0.15, 0.2) is 17.3 Å². The fraction of sp³-hybridized carbons (Fsp3) is 0.190. The van der Waals surface area contributed by atoms with Crippen LogP contribution in [0, 0.1) is 5.82 Å². The van der Waals surface area contributed by atoms with Gasteiger partial charge in [0.1, 0.15) is 5.82 Å². The summed E-state index contributed by atoms with van der Waals surface area (Å²) in [6.45, 7) is 2.48. The zero-order valence-electron chi connectivity index (χ0n) is 15.0. The lowest BCUT2D eigenvalue weighted by Crippen LogP contribution is -2.07. The Morgan fingerprint density at radius 2 is 1.56 bits per heavy atom. The normalized spacial score (nSPS) is 10.6. The zero-order chi connectivity index (χ0) is 19.8. The lowest BCUT2D eigenvalue weighted by atomic mass is 10.1. The summed E-state index contributed by atoms with van der Waals surface area (Å²) >= 11 is 0. The van der Waals surface area contributed by atoms with Crippen molar-refractivity contribution in [1.82, 2.24) is 0 Å². The van der Waals surface area contributed by atoms with E-state index in [0.717, 1.165) is 5.56 Å². The predicted molar refractivity (Wildman–Crippen MR) is 97.8 cm³/mol. The van der Waals surface area contributed by atoms with Crippen LogP contribution in [0.4, 0.5) is 4.39 Å². The van der Waals surface area contributed by atoms with Gasteiger partial charge in [-0.05, 0) is 47.9 Å². The first-order valence-corrected chi connectivity index (χ1v) is 8.30. The minimum absolute atomic E-state index is 0.0959. The van der Waals surface area contributed by atoms with E-state index in [9.17, 15) is 18.8 Å². The largest absolute Gasteiger partial charge is 0.423 e. The first-order chi connectivity index (χ1) is 12.8. The summed E-state index contributed by atoms with van der Waals surface area (Å²) in [5.74, 6) is -1.29. The summed E-state index contributed by atoms with van der Waals surface area (Å²) in [5.41, 5.74) is 1.48. The van der Waals surface area contributed by atoms with E-state index in [0.29, 0.717) is 12.0 Å². The molecule has 0 aromatic heterocycles. The summed E-state index contributed by atoms with van der Waals surface area (Å²) in [4.78, 5) is 34.3. The van der Waals surface area contributed by atoms with Crippen LogP contribution in [-0.4, -0.2) is 17.7 Å². The highest BCUT2D eigenvalue weighted by Crippen LogP contribution is 2.29. The van der Waals surface area contributed by atoms with Crippen molar-refractivity contribution in [2.45, 2.75) is 26.7 Å². The Bertz CT molecular complexity index is 869. The second-order valence-electron chi connectivity index (χ2n) is 5.82. The first kappa shape index (κ1) is 20.0. The Hall–Kier alpha value is -3.28. The Morgan fingerprint density at radius 1 is 0.926 bits per heavy atom. The molecule has 0 saturated heterocycles. The number of ketones is 1. The summed E-state index contributed by atoms with van der Waals surface area (Å²) in [5, 5.41) is 0. The highest BCUT2D eigenvalue weighted by molar-refractivity contribution is 5.93. The van der Waals surface area contributed by atoms with Crippen molar-refractivity contribution in [3.05, 3.63) is 65.5 Å². The number of carbonyl (C=O) groups excluding carboxylic acids is 3. The molecular formula is C21H19FO5. The van der Waals surface area contributed by atoms with Gasteiger partial charge in [-0.3, -0.25) is 14.4 Å². The van der Waals surface area contributed by atoms with Gasteiger partial charge >= 0.3 is 11.9 Å². The van der Waals surface area contributed by atoms with Gasteiger partial charge in [-0.15, -0.1) is 0 Å². The molecule has 140 valence electrons. The number of rotatable bonds is 7. The van der Waals surface area contributed by atoms with Crippen LogP contribution in [0.25, 0.3) is 6.08 Å². The van der Waals surface area contributed by atoms with Gasteiger partial charge in [-0.1, -0.05) is 24.3 Å². The molecule has 0 atom stereocenters. The van der Waals surface area contributed by atoms with Crippen LogP contribution in [0.1, 0.15) is 31.4 Å². The topological polar surface area (TPSA) is 69.7 Å². The maximum absolute atomic E-state index is 12.9. The summed E-state index contributed by atoms with van der Waals surface area (Å²) in [7, 11) is 0. The number of benzene rings is 2. The standard InChI is InChI=1S/C21H19FO5/c1-14(23)26-20-12-7-17(13-21(20)27-15(2)24)6-11-19(25)10-5-16-3-8-18(22)9-4-16/h3-4,6-9,11-13H,5,10H2,1-2H3/b11-6+. The lowest BCUT2D eigenvalue weighted by Gasteiger charge is -2.09. The van der Waals surface area contributed by atoms with Gasteiger partial charge in [0, 0.05) is 20.3 Å². The highest BCUT2D eigenvalue weighted by Gasteiger charge is 2.10. The van der Waals surface area contributed by atoms with Crippen LogP contribution < -0.4 is 9.47 Å². The third kappa shape index (κ3) is 6.86. The minimum atomic E-state index is -0.556. The molecule has 0 aliphatic heterocycles. The van der Waals surface area contributed by atoms with Gasteiger partial charge in [-0.2, -0.15) is 0 Å². The van der Waals surface area contributed by atoms with Crippen molar-refractivity contribution in [3.8, 4) is 11.5 Å². The number of hydrogen-bond donors (Lipinski definition) is 0. The van der Waals surface area contributed by atoms with E-state index >= 15 is 0 Å². The van der Waals surface area contributed by atoms with E-state index in [1.807, 2.05) is 0 Å². The summed E-state index contributed by atoms with van der Waals surface area (Å²) in [6.07, 6.45) is 3.79. The van der Waals surface area contributed by atoms with Crippen molar-refractivity contribution in [1.29, 1.82) is 0 Å². The molecule has 6 heteroatoms. The lowest BCUT2D eigenvalue weighted by molar-refractivity contribution is -0.134. The van der Waals surface area contributed by atoms with Crippen LogP contribution in [0.3, 0.4) is 0 Å². The Kier molecular flexibility index (Phi) is 7.00.